The van der Waals surface area contributed by atoms with E-state index in [2.05, 4.69) is 67.2 Å². The second kappa shape index (κ2) is 6.02. The molecule has 0 aromatic heterocycles. The van der Waals surface area contributed by atoms with E-state index in [-0.39, 0.29) is 17.4 Å². The van der Waals surface area contributed by atoms with Gasteiger partial charge >= 0.3 is 0 Å². The van der Waals surface area contributed by atoms with Gasteiger partial charge < -0.3 is 14.3 Å². The predicted octanol–water partition coefficient (Wildman–Crippen LogP) is 5.18. The molecule has 1 heterocycles. The summed E-state index contributed by atoms with van der Waals surface area (Å²) in [4.78, 5) is 0. The van der Waals surface area contributed by atoms with Crippen LogP contribution < -0.4 is 9.16 Å². The Morgan fingerprint density at radius 3 is 2.08 bits per heavy atom. The van der Waals surface area contributed by atoms with Crippen LogP contribution in [0.4, 0.5) is 0 Å². The molecule has 1 aliphatic rings. The molecule has 1 aliphatic heterocycles. The first-order chi connectivity index (χ1) is 11.1. The van der Waals surface area contributed by atoms with Crippen LogP contribution in [0.2, 0.25) is 19.6 Å². The third-order valence-corrected chi connectivity index (χ3v) is 5.37. The van der Waals surface area contributed by atoms with Crippen LogP contribution in [-0.2, 0) is 17.3 Å². The van der Waals surface area contributed by atoms with Crippen LogP contribution >= 0.6 is 0 Å². The van der Waals surface area contributed by atoms with Crippen molar-refractivity contribution < 1.29 is 14.3 Å². The Morgan fingerprint density at radius 2 is 1.68 bits per heavy atom. The SMILES string of the molecule is CC1(CO)Cc2c(cc(C(C)(C)C)c(O[Si](C)(C)C)c2C(C)(C)C)O1. The van der Waals surface area contributed by atoms with Gasteiger partial charge in [-0.25, -0.2) is 0 Å². The Kier molecular flexibility index (Phi) is 4.89. The van der Waals surface area contributed by atoms with Crippen molar-refractivity contribution in [3.63, 3.8) is 0 Å². The molecule has 0 amide bonds. The van der Waals surface area contributed by atoms with Gasteiger partial charge in [0.2, 0.25) is 8.32 Å². The predicted molar refractivity (Wildman–Crippen MR) is 108 cm³/mol. The smallest absolute Gasteiger partial charge is 0.242 e. The minimum atomic E-state index is -1.79. The molecule has 1 aromatic rings. The Bertz CT molecular complexity index is 660. The van der Waals surface area contributed by atoms with Crippen molar-refractivity contribution in [2.75, 3.05) is 6.61 Å². The maximum atomic E-state index is 9.83. The Labute approximate surface area is 154 Å². The van der Waals surface area contributed by atoms with Crippen molar-refractivity contribution in [2.24, 2.45) is 0 Å². The third-order valence-electron chi connectivity index (χ3n) is 4.55. The monoisotopic (exact) mass is 364 g/mol. The van der Waals surface area contributed by atoms with Gasteiger partial charge in [-0.05, 0) is 43.5 Å². The van der Waals surface area contributed by atoms with Crippen LogP contribution in [0.5, 0.6) is 11.5 Å². The quantitative estimate of drug-likeness (QED) is 0.751. The van der Waals surface area contributed by atoms with Gasteiger partial charge in [0.25, 0.3) is 0 Å². The Morgan fingerprint density at radius 1 is 1.12 bits per heavy atom. The van der Waals surface area contributed by atoms with Gasteiger partial charge in [-0.1, -0.05) is 41.5 Å². The summed E-state index contributed by atoms with van der Waals surface area (Å²) >= 11 is 0. The van der Waals surface area contributed by atoms with E-state index < -0.39 is 13.9 Å². The zero-order valence-electron chi connectivity index (χ0n) is 17.8. The maximum Gasteiger partial charge on any atom is 0.242 e. The summed E-state index contributed by atoms with van der Waals surface area (Å²) in [6, 6.07) is 2.15. The second-order valence-corrected chi connectivity index (χ2v) is 15.1. The van der Waals surface area contributed by atoms with Gasteiger partial charge in [0.15, 0.2) is 0 Å². The molecule has 0 aliphatic carbocycles. The zero-order valence-corrected chi connectivity index (χ0v) is 18.8. The van der Waals surface area contributed by atoms with Crippen LogP contribution in [0.25, 0.3) is 0 Å². The highest BCUT2D eigenvalue weighted by Crippen LogP contribution is 2.50. The summed E-state index contributed by atoms with van der Waals surface area (Å²) in [6.07, 6.45) is 0.720. The summed E-state index contributed by atoms with van der Waals surface area (Å²) in [6.45, 7) is 22.1. The van der Waals surface area contributed by atoms with Crippen molar-refractivity contribution in [1.82, 2.24) is 0 Å². The number of hydrogen-bond donors (Lipinski definition) is 1. The Hall–Kier alpha value is -1.00. The number of fused-ring (bicyclic) bond motifs is 1. The number of hydrogen-bond acceptors (Lipinski definition) is 3. The normalized spacial score (nSPS) is 21.1. The fourth-order valence-electron chi connectivity index (χ4n) is 3.47. The first-order valence-electron chi connectivity index (χ1n) is 9.27. The summed E-state index contributed by atoms with van der Waals surface area (Å²) in [7, 11) is -1.79. The van der Waals surface area contributed by atoms with Gasteiger partial charge in [0.1, 0.15) is 17.1 Å². The lowest BCUT2D eigenvalue weighted by atomic mass is 9.76. The molecule has 142 valence electrons. The largest absolute Gasteiger partial charge is 0.544 e. The molecule has 1 atom stereocenters. The molecule has 0 fully saturated rings. The van der Waals surface area contributed by atoms with E-state index in [1.807, 2.05) is 6.92 Å². The molecular formula is C21H36O3Si. The average molecular weight is 365 g/mol. The fourth-order valence-corrected chi connectivity index (χ4v) is 4.30. The number of aliphatic hydroxyl groups is 1. The van der Waals surface area contributed by atoms with Crippen molar-refractivity contribution >= 4 is 8.32 Å². The summed E-state index contributed by atoms with van der Waals surface area (Å²) < 4.78 is 12.9. The third kappa shape index (κ3) is 4.22. The van der Waals surface area contributed by atoms with Crippen molar-refractivity contribution in [3.05, 3.63) is 22.8 Å². The summed E-state index contributed by atoms with van der Waals surface area (Å²) in [5, 5.41) is 9.83. The number of rotatable bonds is 3. The summed E-state index contributed by atoms with van der Waals surface area (Å²) in [5.74, 6) is 1.96. The minimum absolute atomic E-state index is 0.0142. The molecule has 2 rings (SSSR count). The van der Waals surface area contributed by atoms with E-state index in [1.165, 1.54) is 16.7 Å². The first kappa shape index (κ1) is 20.3. The van der Waals surface area contributed by atoms with Gasteiger partial charge in [-0.2, -0.15) is 0 Å². The zero-order chi connectivity index (χ0) is 19.4. The molecule has 3 nitrogen and oxygen atoms in total. The molecule has 0 spiro atoms. The standard InChI is InChI=1S/C21H36O3Si/c1-19(2,3)15-11-16-14(12-21(7,13-22)23-16)17(20(4,5)6)18(15)24-25(8,9)10/h11,22H,12-13H2,1-10H3. The lowest BCUT2D eigenvalue weighted by molar-refractivity contribution is 0.0445. The highest BCUT2D eigenvalue weighted by Gasteiger charge is 2.42. The molecular weight excluding hydrogens is 328 g/mol. The molecule has 0 radical (unpaired) electrons. The molecule has 0 saturated heterocycles. The lowest BCUT2D eigenvalue weighted by Crippen LogP contribution is -2.35. The van der Waals surface area contributed by atoms with Gasteiger partial charge in [0, 0.05) is 23.1 Å². The molecule has 0 saturated carbocycles. The average Bonchev–Trinajstić information content (AvgIpc) is 2.70. The van der Waals surface area contributed by atoms with Gasteiger partial charge in [-0.3, -0.25) is 0 Å². The Balaban J connectivity index is 2.83. The topological polar surface area (TPSA) is 38.7 Å². The van der Waals surface area contributed by atoms with E-state index >= 15 is 0 Å². The van der Waals surface area contributed by atoms with E-state index in [4.69, 9.17) is 9.16 Å². The molecule has 25 heavy (non-hydrogen) atoms. The van der Waals surface area contributed by atoms with Gasteiger partial charge in [0.05, 0.1) is 6.61 Å². The van der Waals surface area contributed by atoms with Crippen LogP contribution in [0, 0.1) is 0 Å². The van der Waals surface area contributed by atoms with Crippen LogP contribution in [0.3, 0.4) is 0 Å². The van der Waals surface area contributed by atoms with Gasteiger partial charge in [-0.15, -0.1) is 0 Å². The van der Waals surface area contributed by atoms with E-state index in [0.29, 0.717) is 0 Å². The van der Waals surface area contributed by atoms with Crippen LogP contribution in [0.1, 0.15) is 65.2 Å². The van der Waals surface area contributed by atoms with E-state index in [9.17, 15) is 5.11 Å². The fraction of sp³-hybridized carbons (Fsp3) is 0.714. The lowest BCUT2D eigenvalue weighted by Gasteiger charge is -2.34. The molecule has 1 aromatic carbocycles. The summed E-state index contributed by atoms with van der Waals surface area (Å²) in [5.41, 5.74) is 2.98. The van der Waals surface area contributed by atoms with Crippen LogP contribution in [-0.4, -0.2) is 25.6 Å². The van der Waals surface area contributed by atoms with Crippen molar-refractivity contribution in [2.45, 2.75) is 91.0 Å². The highest BCUT2D eigenvalue weighted by atomic mass is 28.4. The maximum absolute atomic E-state index is 9.83. The minimum Gasteiger partial charge on any atom is -0.544 e. The number of aliphatic hydroxyl groups excluding tert-OH is 1. The van der Waals surface area contributed by atoms with Crippen LogP contribution in [0.15, 0.2) is 6.07 Å². The van der Waals surface area contributed by atoms with Crippen molar-refractivity contribution in [3.8, 4) is 11.5 Å². The highest BCUT2D eigenvalue weighted by molar-refractivity contribution is 6.70. The van der Waals surface area contributed by atoms with Crippen molar-refractivity contribution in [1.29, 1.82) is 0 Å². The number of ether oxygens (including phenoxy) is 1. The first-order valence-corrected chi connectivity index (χ1v) is 12.7. The molecule has 4 heteroatoms. The second-order valence-electron chi connectivity index (χ2n) is 10.7. The molecule has 1 unspecified atom stereocenters. The molecule has 0 bridgehead atoms. The molecule has 1 N–H and O–H groups in total. The van der Waals surface area contributed by atoms with E-state index in [0.717, 1.165) is 17.9 Å². The number of benzene rings is 1. The van der Waals surface area contributed by atoms with E-state index in [1.54, 1.807) is 0 Å².